The van der Waals surface area contributed by atoms with E-state index >= 15 is 0 Å². The summed E-state index contributed by atoms with van der Waals surface area (Å²) < 4.78 is 35.0. The van der Waals surface area contributed by atoms with Gasteiger partial charge in [0.05, 0.1) is 32.1 Å². The number of hydrogen-bond acceptors (Lipinski definition) is 8. The van der Waals surface area contributed by atoms with Gasteiger partial charge < -0.3 is 19.3 Å². The number of aromatic nitrogens is 3. The number of amides is 1. The minimum atomic E-state index is -3.85. The van der Waals surface area contributed by atoms with Crippen molar-refractivity contribution in [3.05, 3.63) is 35.9 Å². The van der Waals surface area contributed by atoms with Crippen LogP contribution in [-0.2, 0) is 17.1 Å². The summed E-state index contributed by atoms with van der Waals surface area (Å²) in [6.07, 6.45) is 3.78. The Balaban J connectivity index is 1.97. The molecule has 1 aliphatic rings. The lowest BCUT2D eigenvalue weighted by Gasteiger charge is -2.37. The molecule has 0 saturated carbocycles. The second-order valence-electron chi connectivity index (χ2n) is 9.40. The molecule has 0 aliphatic carbocycles. The van der Waals surface area contributed by atoms with Gasteiger partial charge >= 0.3 is 0 Å². The Labute approximate surface area is 212 Å². The topological polar surface area (TPSA) is 121 Å². The summed E-state index contributed by atoms with van der Waals surface area (Å²) >= 11 is 0. The summed E-state index contributed by atoms with van der Waals surface area (Å²) in [6.45, 7) is 4.24. The lowest BCUT2D eigenvalue weighted by atomic mass is 10.0. The van der Waals surface area contributed by atoms with Crippen LogP contribution in [-0.4, -0.2) is 108 Å². The van der Waals surface area contributed by atoms with Crippen molar-refractivity contribution in [2.75, 3.05) is 47.4 Å². The molecule has 0 spiro atoms. The number of carbonyl (C=O) groups excluding carboxylic acids is 1. The highest BCUT2D eigenvalue weighted by Crippen LogP contribution is 2.28. The van der Waals surface area contributed by atoms with Gasteiger partial charge in [-0.1, -0.05) is 18.8 Å². The van der Waals surface area contributed by atoms with Crippen LogP contribution in [0, 0.1) is 17.8 Å². The average molecular weight is 519 g/mol. The standard InChI is InChI=1S/C24H34N6O5S/c1-17-12-30(18(2)15-31)24(32)20-10-19(8-7-9-27(3)4)11-25-23(20)35-21(17)13-29(6)36(33,34)22-14-28(5)16-26-22/h10-11,14,16-18,21,31H,9,12-13,15H2,1-6H3/t17-,18-,21-/m1/s1. The molecule has 0 saturated heterocycles. The fourth-order valence-electron chi connectivity index (χ4n) is 3.72. The number of sulfonamides is 1. The maximum atomic E-state index is 13.5. The van der Waals surface area contributed by atoms with Gasteiger partial charge in [-0.25, -0.2) is 18.4 Å². The van der Waals surface area contributed by atoms with Crippen molar-refractivity contribution in [1.82, 2.24) is 28.6 Å². The maximum absolute atomic E-state index is 13.5. The van der Waals surface area contributed by atoms with Gasteiger partial charge in [0.15, 0.2) is 5.03 Å². The van der Waals surface area contributed by atoms with Crippen LogP contribution < -0.4 is 4.74 Å². The Morgan fingerprint density at radius 1 is 1.31 bits per heavy atom. The number of aryl methyl sites for hydroxylation is 1. The average Bonchev–Trinajstić information content (AvgIpc) is 3.27. The van der Waals surface area contributed by atoms with Crippen LogP contribution >= 0.6 is 0 Å². The van der Waals surface area contributed by atoms with E-state index in [2.05, 4.69) is 21.8 Å². The summed E-state index contributed by atoms with van der Waals surface area (Å²) in [6, 6.07) is 1.18. The minimum Gasteiger partial charge on any atom is -0.472 e. The number of aliphatic hydroxyl groups excluding tert-OH is 1. The first kappa shape index (κ1) is 27.6. The first-order chi connectivity index (χ1) is 16.9. The number of aliphatic hydroxyl groups is 1. The highest BCUT2D eigenvalue weighted by molar-refractivity contribution is 7.89. The zero-order valence-corrected chi connectivity index (χ0v) is 22.4. The molecule has 1 amide bonds. The summed E-state index contributed by atoms with van der Waals surface area (Å²) in [5, 5.41) is 9.75. The Morgan fingerprint density at radius 3 is 2.64 bits per heavy atom. The quantitative estimate of drug-likeness (QED) is 0.519. The number of rotatable bonds is 7. The SMILES string of the molecule is C[C@@H]1CN([C@H](C)CO)C(=O)c2cc(C#CCN(C)C)cnc2O[C@@H]1CN(C)S(=O)(=O)c1cn(C)cn1. The molecule has 1 aliphatic heterocycles. The molecule has 2 aromatic rings. The van der Waals surface area contributed by atoms with E-state index in [1.165, 1.54) is 30.1 Å². The molecule has 3 heterocycles. The molecule has 3 atom stereocenters. The Hall–Kier alpha value is -2.98. The third-order valence-corrected chi connectivity index (χ3v) is 7.65. The second-order valence-corrected chi connectivity index (χ2v) is 11.4. The summed E-state index contributed by atoms with van der Waals surface area (Å²) in [5.74, 6) is 5.54. The Morgan fingerprint density at radius 2 is 2.03 bits per heavy atom. The third kappa shape index (κ3) is 6.22. The fourth-order valence-corrected chi connectivity index (χ4v) is 4.86. The number of likely N-dealkylation sites (N-methyl/N-ethyl adjacent to an activating group) is 1. The number of carbonyl (C=O) groups is 1. The van der Waals surface area contributed by atoms with Crippen molar-refractivity contribution in [3.8, 4) is 17.7 Å². The smallest absolute Gasteiger partial charge is 0.261 e. The van der Waals surface area contributed by atoms with Crippen LogP contribution in [0.15, 0.2) is 29.8 Å². The first-order valence-electron chi connectivity index (χ1n) is 11.6. The van der Waals surface area contributed by atoms with E-state index in [1.54, 1.807) is 29.5 Å². The molecular weight excluding hydrogens is 484 g/mol. The fraction of sp³-hybridized carbons (Fsp3) is 0.542. The van der Waals surface area contributed by atoms with Crippen molar-refractivity contribution in [1.29, 1.82) is 0 Å². The molecule has 36 heavy (non-hydrogen) atoms. The largest absolute Gasteiger partial charge is 0.472 e. The number of ether oxygens (including phenoxy) is 1. The van der Waals surface area contributed by atoms with Crippen molar-refractivity contribution in [2.24, 2.45) is 13.0 Å². The molecule has 11 nitrogen and oxygen atoms in total. The van der Waals surface area contributed by atoms with Gasteiger partial charge in [0.1, 0.15) is 11.7 Å². The van der Waals surface area contributed by atoms with Crippen LogP contribution in [0.1, 0.15) is 29.8 Å². The molecule has 3 rings (SSSR count). The molecule has 2 aromatic heterocycles. The van der Waals surface area contributed by atoms with Crippen LogP contribution in [0.3, 0.4) is 0 Å². The number of hydrogen-bond donors (Lipinski definition) is 1. The second kappa shape index (κ2) is 11.4. The molecule has 0 radical (unpaired) electrons. The van der Waals surface area contributed by atoms with Gasteiger partial charge in [0, 0.05) is 44.5 Å². The van der Waals surface area contributed by atoms with Gasteiger partial charge in [0.25, 0.3) is 15.9 Å². The van der Waals surface area contributed by atoms with Gasteiger partial charge in [0.2, 0.25) is 5.88 Å². The van der Waals surface area contributed by atoms with Crippen LogP contribution in [0.5, 0.6) is 5.88 Å². The van der Waals surface area contributed by atoms with E-state index in [9.17, 15) is 18.3 Å². The lowest BCUT2D eigenvalue weighted by Crippen LogP contribution is -2.50. The van der Waals surface area contributed by atoms with E-state index in [0.29, 0.717) is 12.1 Å². The first-order valence-corrected chi connectivity index (χ1v) is 13.0. The third-order valence-electron chi connectivity index (χ3n) is 5.94. The van der Waals surface area contributed by atoms with E-state index in [1.807, 2.05) is 25.9 Å². The maximum Gasteiger partial charge on any atom is 0.261 e. The predicted octanol–water partition coefficient (Wildman–Crippen LogP) is 0.269. The molecular formula is C24H34N6O5S. The normalized spacial score (nSPS) is 19.2. The number of imidazole rings is 1. The molecule has 0 aromatic carbocycles. The van der Waals surface area contributed by atoms with Crippen LogP contribution in [0.25, 0.3) is 0 Å². The Kier molecular flexibility index (Phi) is 8.73. The van der Waals surface area contributed by atoms with Gasteiger partial charge in [-0.3, -0.25) is 9.69 Å². The highest BCUT2D eigenvalue weighted by atomic mass is 32.2. The Bertz CT molecular complexity index is 1250. The van der Waals surface area contributed by atoms with Crippen molar-refractivity contribution in [3.63, 3.8) is 0 Å². The van der Waals surface area contributed by atoms with Crippen LogP contribution in [0.4, 0.5) is 0 Å². The molecule has 0 unspecified atom stereocenters. The molecule has 1 N–H and O–H groups in total. The minimum absolute atomic E-state index is 0.0150. The summed E-state index contributed by atoms with van der Waals surface area (Å²) in [5.41, 5.74) is 0.781. The summed E-state index contributed by atoms with van der Waals surface area (Å²) in [4.78, 5) is 25.3. The lowest BCUT2D eigenvalue weighted by molar-refractivity contribution is 0.0373. The van der Waals surface area contributed by atoms with E-state index < -0.39 is 22.2 Å². The van der Waals surface area contributed by atoms with Crippen molar-refractivity contribution in [2.45, 2.75) is 31.0 Å². The number of nitrogens with zero attached hydrogens (tertiary/aromatic N) is 6. The molecule has 196 valence electrons. The van der Waals surface area contributed by atoms with Gasteiger partial charge in [-0.15, -0.1) is 0 Å². The van der Waals surface area contributed by atoms with E-state index in [0.717, 1.165) is 0 Å². The molecule has 12 heteroatoms. The van der Waals surface area contributed by atoms with E-state index in [4.69, 9.17) is 4.74 Å². The van der Waals surface area contributed by atoms with Gasteiger partial charge in [-0.05, 0) is 27.1 Å². The van der Waals surface area contributed by atoms with Gasteiger partial charge in [-0.2, -0.15) is 4.31 Å². The van der Waals surface area contributed by atoms with Crippen molar-refractivity contribution < 1.29 is 23.1 Å². The van der Waals surface area contributed by atoms with Crippen LogP contribution in [0.2, 0.25) is 0 Å². The summed E-state index contributed by atoms with van der Waals surface area (Å²) in [7, 11) is 3.13. The number of fused-ring (bicyclic) bond motifs is 1. The highest BCUT2D eigenvalue weighted by Gasteiger charge is 2.36. The predicted molar refractivity (Wildman–Crippen MR) is 134 cm³/mol. The van der Waals surface area contributed by atoms with Crippen molar-refractivity contribution >= 4 is 15.9 Å². The molecule has 0 fully saturated rings. The zero-order valence-electron chi connectivity index (χ0n) is 21.5. The van der Waals surface area contributed by atoms with E-state index in [-0.39, 0.29) is 48.0 Å². The monoisotopic (exact) mass is 518 g/mol. The zero-order chi connectivity index (χ0) is 26.6. The molecule has 0 bridgehead atoms. The number of pyridine rings is 1.